The topological polar surface area (TPSA) is 179 Å². The van der Waals surface area contributed by atoms with Gasteiger partial charge in [0.15, 0.2) is 0 Å². The highest BCUT2D eigenvalue weighted by Crippen LogP contribution is 2.25. The van der Waals surface area contributed by atoms with Crippen LogP contribution in [0.4, 0.5) is 0 Å². The molecule has 0 bridgehead atoms. The van der Waals surface area contributed by atoms with Crippen molar-refractivity contribution in [2.45, 2.75) is 69.3 Å². The van der Waals surface area contributed by atoms with Gasteiger partial charge >= 0.3 is 0 Å². The van der Waals surface area contributed by atoms with Crippen molar-refractivity contribution in [1.29, 1.82) is 0 Å². The van der Waals surface area contributed by atoms with Crippen molar-refractivity contribution in [1.82, 2.24) is 15.1 Å². The standard InChI is InChI=1S/C18H31N5O6/c1-10(25)15(16(20)27)21-17(28)12-4-2-7-23(12)18(29)13-5-3-6-22(13)14(26)8-11(19)9-24/h10-13,15,24-25H,2-9,19H2,1H3,(H2,20,27)(H,21,28)/t10-,11-,12+,13+,15+/m1/s1. The minimum atomic E-state index is -1.25. The van der Waals surface area contributed by atoms with Gasteiger partial charge < -0.3 is 36.8 Å². The Labute approximate surface area is 169 Å². The number of carbonyl (C=O) groups excluding carboxylic acids is 4. The van der Waals surface area contributed by atoms with E-state index < -0.39 is 42.1 Å². The summed E-state index contributed by atoms with van der Waals surface area (Å²) in [6.45, 7) is 1.80. The molecule has 0 aromatic rings. The average Bonchev–Trinajstić information content (AvgIpc) is 3.33. The number of primary amides is 1. The fraction of sp³-hybridized carbons (Fsp3) is 0.778. The number of amides is 4. The first kappa shape index (κ1) is 23.0. The van der Waals surface area contributed by atoms with Gasteiger partial charge in [-0.25, -0.2) is 0 Å². The van der Waals surface area contributed by atoms with Crippen LogP contribution in [-0.4, -0.2) is 93.6 Å². The molecule has 0 aliphatic carbocycles. The van der Waals surface area contributed by atoms with Crippen LogP contribution in [-0.2, 0) is 19.2 Å². The van der Waals surface area contributed by atoms with Crippen LogP contribution in [0, 0.1) is 0 Å². The summed E-state index contributed by atoms with van der Waals surface area (Å²) in [6, 6.07) is -3.40. The Bertz CT molecular complexity index is 642. The van der Waals surface area contributed by atoms with Gasteiger partial charge in [-0.15, -0.1) is 0 Å². The highest BCUT2D eigenvalue weighted by molar-refractivity contribution is 5.94. The molecule has 11 nitrogen and oxygen atoms in total. The molecule has 0 spiro atoms. The maximum Gasteiger partial charge on any atom is 0.246 e. The lowest BCUT2D eigenvalue weighted by Crippen LogP contribution is -2.57. The first-order valence-electron chi connectivity index (χ1n) is 9.91. The van der Waals surface area contributed by atoms with Crippen molar-refractivity contribution in [2.75, 3.05) is 19.7 Å². The van der Waals surface area contributed by atoms with Crippen LogP contribution in [0.2, 0.25) is 0 Å². The van der Waals surface area contributed by atoms with E-state index >= 15 is 0 Å². The first-order valence-corrected chi connectivity index (χ1v) is 9.91. The number of nitrogens with two attached hydrogens (primary N) is 2. The van der Waals surface area contributed by atoms with E-state index in [1.165, 1.54) is 16.7 Å². The summed E-state index contributed by atoms with van der Waals surface area (Å²) in [5, 5.41) is 21.1. The number of nitrogens with one attached hydrogen (secondary N) is 1. The molecule has 2 fully saturated rings. The number of hydrogen-bond acceptors (Lipinski definition) is 7. The van der Waals surface area contributed by atoms with Crippen molar-refractivity contribution in [3.05, 3.63) is 0 Å². The van der Waals surface area contributed by atoms with Crippen molar-refractivity contribution in [3.63, 3.8) is 0 Å². The van der Waals surface area contributed by atoms with Gasteiger partial charge in [-0.3, -0.25) is 19.2 Å². The molecule has 2 heterocycles. The molecule has 0 radical (unpaired) electrons. The number of likely N-dealkylation sites (tertiary alicyclic amines) is 2. The molecular weight excluding hydrogens is 382 g/mol. The summed E-state index contributed by atoms with van der Waals surface area (Å²) >= 11 is 0. The van der Waals surface area contributed by atoms with E-state index in [0.29, 0.717) is 38.8 Å². The summed E-state index contributed by atoms with van der Waals surface area (Å²) in [7, 11) is 0. The van der Waals surface area contributed by atoms with E-state index in [1.807, 2.05) is 0 Å². The Morgan fingerprint density at radius 2 is 1.69 bits per heavy atom. The molecule has 29 heavy (non-hydrogen) atoms. The van der Waals surface area contributed by atoms with Crippen molar-refractivity contribution >= 4 is 23.6 Å². The minimum absolute atomic E-state index is 0.0567. The van der Waals surface area contributed by atoms with E-state index in [2.05, 4.69) is 5.32 Å². The molecule has 0 unspecified atom stereocenters. The van der Waals surface area contributed by atoms with Crippen LogP contribution in [0.5, 0.6) is 0 Å². The van der Waals surface area contributed by atoms with Crippen molar-refractivity contribution in [3.8, 4) is 0 Å². The lowest BCUT2D eigenvalue weighted by molar-refractivity contribution is -0.147. The van der Waals surface area contributed by atoms with Crippen molar-refractivity contribution < 1.29 is 29.4 Å². The third-order valence-corrected chi connectivity index (χ3v) is 5.45. The van der Waals surface area contributed by atoms with Crippen LogP contribution in [0.25, 0.3) is 0 Å². The smallest absolute Gasteiger partial charge is 0.246 e. The summed E-state index contributed by atoms with van der Waals surface area (Å²) in [4.78, 5) is 52.6. The third kappa shape index (κ3) is 5.43. The molecular formula is C18H31N5O6. The van der Waals surface area contributed by atoms with Gasteiger partial charge in [0.1, 0.15) is 18.1 Å². The fourth-order valence-electron chi connectivity index (χ4n) is 3.90. The molecule has 2 aliphatic rings. The number of carbonyl (C=O) groups is 4. The van der Waals surface area contributed by atoms with E-state index in [1.54, 1.807) is 0 Å². The molecule has 0 aromatic carbocycles. The summed E-state index contributed by atoms with van der Waals surface area (Å²) in [6.07, 6.45) is 0.947. The Balaban J connectivity index is 2.07. The van der Waals surface area contributed by atoms with Crippen LogP contribution in [0.1, 0.15) is 39.0 Å². The van der Waals surface area contributed by atoms with Crippen LogP contribution < -0.4 is 16.8 Å². The zero-order chi connectivity index (χ0) is 21.7. The van der Waals surface area contributed by atoms with Gasteiger partial charge in [-0.2, -0.15) is 0 Å². The van der Waals surface area contributed by atoms with Crippen LogP contribution in [0.3, 0.4) is 0 Å². The van der Waals surface area contributed by atoms with E-state index in [0.717, 1.165) is 0 Å². The summed E-state index contributed by atoms with van der Waals surface area (Å²) in [5.41, 5.74) is 10.9. The second-order valence-corrected chi connectivity index (χ2v) is 7.71. The molecule has 2 aliphatic heterocycles. The fourth-order valence-corrected chi connectivity index (χ4v) is 3.90. The van der Waals surface area contributed by atoms with E-state index in [-0.39, 0.29) is 24.8 Å². The maximum absolute atomic E-state index is 13.1. The Morgan fingerprint density at radius 1 is 1.10 bits per heavy atom. The summed E-state index contributed by atoms with van der Waals surface area (Å²) in [5.74, 6) is -2.04. The number of hydrogen-bond donors (Lipinski definition) is 5. The second kappa shape index (κ2) is 9.99. The second-order valence-electron chi connectivity index (χ2n) is 7.71. The maximum atomic E-state index is 13.1. The Hall–Kier alpha value is -2.24. The SMILES string of the molecule is C[C@@H](O)[C@H](NC(=O)[C@@H]1CCCN1C(=O)[C@@H]1CCCN1C(=O)C[C@@H](N)CO)C(N)=O. The molecule has 11 heteroatoms. The third-order valence-electron chi connectivity index (χ3n) is 5.45. The molecule has 7 N–H and O–H groups in total. The van der Waals surface area contributed by atoms with E-state index in [9.17, 15) is 24.3 Å². The summed E-state index contributed by atoms with van der Waals surface area (Å²) < 4.78 is 0. The largest absolute Gasteiger partial charge is 0.395 e. The Kier molecular flexibility index (Phi) is 7.94. The first-order chi connectivity index (χ1) is 13.7. The Morgan fingerprint density at radius 3 is 2.24 bits per heavy atom. The highest BCUT2D eigenvalue weighted by Gasteiger charge is 2.42. The number of aliphatic hydroxyl groups is 2. The molecule has 2 rings (SSSR count). The zero-order valence-corrected chi connectivity index (χ0v) is 16.6. The van der Waals surface area contributed by atoms with E-state index in [4.69, 9.17) is 16.6 Å². The lowest BCUT2D eigenvalue weighted by Gasteiger charge is -2.32. The van der Waals surface area contributed by atoms with Gasteiger partial charge in [0.05, 0.1) is 12.7 Å². The van der Waals surface area contributed by atoms with Gasteiger partial charge in [0, 0.05) is 25.6 Å². The van der Waals surface area contributed by atoms with Crippen LogP contribution >= 0.6 is 0 Å². The van der Waals surface area contributed by atoms with Crippen molar-refractivity contribution in [2.24, 2.45) is 11.5 Å². The molecule has 4 amide bonds. The molecule has 0 aromatic heterocycles. The highest BCUT2D eigenvalue weighted by atomic mass is 16.3. The van der Waals surface area contributed by atoms with Crippen LogP contribution in [0.15, 0.2) is 0 Å². The predicted octanol–water partition coefficient (Wildman–Crippen LogP) is -2.97. The number of rotatable bonds is 8. The van der Waals surface area contributed by atoms with Gasteiger partial charge in [-0.05, 0) is 32.6 Å². The zero-order valence-electron chi connectivity index (χ0n) is 16.6. The van der Waals surface area contributed by atoms with Gasteiger partial charge in [-0.1, -0.05) is 0 Å². The average molecular weight is 413 g/mol. The van der Waals surface area contributed by atoms with Gasteiger partial charge in [0.25, 0.3) is 0 Å². The molecule has 5 atom stereocenters. The monoisotopic (exact) mass is 413 g/mol. The number of nitrogens with zero attached hydrogens (tertiary/aromatic N) is 2. The predicted molar refractivity (Wildman–Crippen MR) is 102 cm³/mol. The normalized spacial score (nSPS) is 24.8. The number of aliphatic hydroxyl groups excluding tert-OH is 2. The lowest BCUT2D eigenvalue weighted by atomic mass is 10.1. The quantitative estimate of drug-likeness (QED) is 0.282. The minimum Gasteiger partial charge on any atom is -0.395 e. The van der Waals surface area contributed by atoms with Gasteiger partial charge in [0.2, 0.25) is 23.6 Å². The molecule has 0 saturated carbocycles. The molecule has 2 saturated heterocycles. The molecule has 164 valence electrons.